The van der Waals surface area contributed by atoms with E-state index >= 15 is 0 Å². The van der Waals surface area contributed by atoms with Crippen molar-refractivity contribution in [3.8, 4) is 0 Å². The molecule has 0 aromatic carbocycles. The van der Waals surface area contributed by atoms with Crippen LogP contribution in [0, 0.1) is 5.41 Å². The van der Waals surface area contributed by atoms with Crippen LogP contribution in [0.1, 0.15) is 42.8 Å². The molecule has 1 aromatic heterocycles. The number of carbonyl (C=O) groups is 1. The fourth-order valence-corrected chi connectivity index (χ4v) is 4.22. The van der Waals surface area contributed by atoms with Gasteiger partial charge in [0.2, 0.25) is 0 Å². The lowest BCUT2D eigenvalue weighted by atomic mass is 9.87. The van der Waals surface area contributed by atoms with Gasteiger partial charge in [0.25, 0.3) is 5.91 Å². The van der Waals surface area contributed by atoms with Crippen LogP contribution in [0.25, 0.3) is 0 Å². The van der Waals surface area contributed by atoms with Crippen molar-refractivity contribution in [3.05, 3.63) is 19.2 Å². The summed E-state index contributed by atoms with van der Waals surface area (Å²) in [5.74, 6) is 0.0429. The van der Waals surface area contributed by atoms with Gasteiger partial charge in [-0.3, -0.25) is 4.79 Å². The zero-order chi connectivity index (χ0) is 12.6. The molecule has 0 saturated heterocycles. The summed E-state index contributed by atoms with van der Waals surface area (Å²) in [4.78, 5) is 12.9. The van der Waals surface area contributed by atoms with E-state index in [1.165, 1.54) is 24.2 Å². The topological polar surface area (TPSA) is 29.1 Å². The maximum absolute atomic E-state index is 12.1. The number of thiophene rings is 1. The second-order valence-corrected chi connectivity index (χ2v) is 8.36. The Labute approximate surface area is 122 Å². The lowest BCUT2D eigenvalue weighted by Gasteiger charge is -2.27. The van der Waals surface area contributed by atoms with E-state index < -0.39 is 0 Å². The van der Waals surface area contributed by atoms with E-state index in [9.17, 15) is 4.79 Å². The van der Waals surface area contributed by atoms with Crippen LogP contribution >= 0.6 is 43.2 Å². The van der Waals surface area contributed by atoms with Crippen molar-refractivity contribution in [1.29, 1.82) is 0 Å². The van der Waals surface area contributed by atoms with E-state index in [2.05, 4.69) is 51.0 Å². The molecule has 2 nitrogen and oxygen atoms in total. The van der Waals surface area contributed by atoms with Crippen LogP contribution in [0.4, 0.5) is 0 Å². The van der Waals surface area contributed by atoms with Crippen molar-refractivity contribution >= 4 is 49.1 Å². The molecular formula is C12H15Br2NOS. The number of nitrogens with one attached hydrogen (secondary N) is 1. The summed E-state index contributed by atoms with van der Waals surface area (Å²) >= 11 is 8.28. The van der Waals surface area contributed by atoms with Crippen LogP contribution in [0.3, 0.4) is 0 Å². The molecule has 1 fully saturated rings. The van der Waals surface area contributed by atoms with Crippen LogP contribution in [0.15, 0.2) is 14.3 Å². The van der Waals surface area contributed by atoms with Gasteiger partial charge < -0.3 is 5.32 Å². The molecule has 0 spiro atoms. The molecule has 1 atom stereocenters. The quantitative estimate of drug-likeness (QED) is 0.799. The molecule has 1 heterocycles. The third-order valence-electron chi connectivity index (χ3n) is 3.43. The molecule has 1 unspecified atom stereocenters. The number of halogens is 2. The van der Waals surface area contributed by atoms with Crippen molar-refractivity contribution in [3.63, 3.8) is 0 Å². The molecule has 0 aliphatic heterocycles. The van der Waals surface area contributed by atoms with Crippen molar-refractivity contribution in [1.82, 2.24) is 5.32 Å². The highest BCUT2D eigenvalue weighted by molar-refractivity contribution is 9.13. The fourth-order valence-electron chi connectivity index (χ4n) is 2.28. The summed E-state index contributed by atoms with van der Waals surface area (Å²) in [6.07, 6.45) is 3.48. The molecule has 2 rings (SSSR count). The summed E-state index contributed by atoms with van der Waals surface area (Å²) in [5.41, 5.74) is 0.224. The number of hydrogen-bond acceptors (Lipinski definition) is 2. The van der Waals surface area contributed by atoms with E-state index in [0.717, 1.165) is 19.6 Å². The minimum atomic E-state index is 0.0429. The van der Waals surface area contributed by atoms with Gasteiger partial charge in [0.05, 0.1) is 8.66 Å². The molecule has 1 amide bonds. The van der Waals surface area contributed by atoms with Crippen molar-refractivity contribution in [2.75, 3.05) is 0 Å². The van der Waals surface area contributed by atoms with E-state index in [1.807, 2.05) is 6.07 Å². The number of carbonyl (C=O) groups excluding carboxylic acids is 1. The summed E-state index contributed by atoms with van der Waals surface area (Å²) in [5, 5.41) is 3.16. The zero-order valence-corrected chi connectivity index (χ0v) is 13.8. The standard InChI is InChI=1S/C12H15Br2NOS/c1-12(2)5-3-4-9(12)15-11(16)8-6-7(13)10(14)17-8/h6,9H,3-5H2,1-2H3,(H,15,16). The van der Waals surface area contributed by atoms with E-state index in [-0.39, 0.29) is 11.3 Å². The molecule has 0 radical (unpaired) electrons. The molecule has 1 N–H and O–H groups in total. The second kappa shape index (κ2) is 5.02. The Morgan fingerprint density at radius 3 is 2.71 bits per heavy atom. The summed E-state index contributed by atoms with van der Waals surface area (Å²) in [6, 6.07) is 2.17. The third-order valence-corrected chi connectivity index (χ3v) is 6.69. The molecule has 1 saturated carbocycles. The third kappa shape index (κ3) is 2.93. The summed E-state index contributed by atoms with van der Waals surface area (Å²) in [6.45, 7) is 4.45. The maximum Gasteiger partial charge on any atom is 0.261 e. The lowest BCUT2D eigenvalue weighted by Crippen LogP contribution is -2.41. The van der Waals surface area contributed by atoms with E-state index in [4.69, 9.17) is 0 Å². The van der Waals surface area contributed by atoms with Crippen LogP contribution < -0.4 is 5.32 Å². The van der Waals surface area contributed by atoms with E-state index in [0.29, 0.717) is 6.04 Å². The van der Waals surface area contributed by atoms with Crippen molar-refractivity contribution < 1.29 is 4.79 Å². The Kier molecular flexibility index (Phi) is 4.00. The molecule has 1 aliphatic carbocycles. The largest absolute Gasteiger partial charge is 0.348 e. The van der Waals surface area contributed by atoms with Crippen LogP contribution in [0.2, 0.25) is 0 Å². The first-order chi connectivity index (χ1) is 7.90. The van der Waals surface area contributed by atoms with Gasteiger partial charge in [-0.1, -0.05) is 20.3 Å². The fraction of sp³-hybridized carbons (Fsp3) is 0.583. The highest BCUT2D eigenvalue weighted by Gasteiger charge is 2.35. The minimum Gasteiger partial charge on any atom is -0.348 e. The summed E-state index contributed by atoms with van der Waals surface area (Å²) < 4.78 is 1.91. The van der Waals surface area contributed by atoms with Gasteiger partial charge in [-0.2, -0.15) is 0 Å². The van der Waals surface area contributed by atoms with Gasteiger partial charge in [-0.15, -0.1) is 11.3 Å². The van der Waals surface area contributed by atoms with Crippen molar-refractivity contribution in [2.45, 2.75) is 39.2 Å². The minimum absolute atomic E-state index is 0.0429. The van der Waals surface area contributed by atoms with Gasteiger partial charge in [0, 0.05) is 10.5 Å². The average Bonchev–Trinajstić information content (AvgIpc) is 2.72. The van der Waals surface area contributed by atoms with Gasteiger partial charge in [0.1, 0.15) is 0 Å². The number of rotatable bonds is 2. The highest BCUT2D eigenvalue weighted by atomic mass is 79.9. The Bertz CT molecular complexity index is 422. The molecule has 0 bridgehead atoms. The Balaban J connectivity index is 2.07. The number of hydrogen-bond donors (Lipinski definition) is 1. The maximum atomic E-state index is 12.1. The first kappa shape index (κ1) is 13.6. The first-order valence-corrected chi connectivity index (χ1v) is 8.06. The smallest absolute Gasteiger partial charge is 0.261 e. The zero-order valence-electron chi connectivity index (χ0n) is 9.85. The van der Waals surface area contributed by atoms with Crippen LogP contribution in [0.5, 0.6) is 0 Å². The average molecular weight is 381 g/mol. The molecular weight excluding hydrogens is 366 g/mol. The Morgan fingerprint density at radius 1 is 1.53 bits per heavy atom. The molecule has 94 valence electrons. The summed E-state index contributed by atoms with van der Waals surface area (Å²) in [7, 11) is 0. The van der Waals surface area contributed by atoms with E-state index in [1.54, 1.807) is 0 Å². The molecule has 1 aliphatic rings. The SMILES string of the molecule is CC1(C)CCCC1NC(=O)c1cc(Br)c(Br)s1. The lowest BCUT2D eigenvalue weighted by molar-refractivity contribution is 0.0914. The molecule has 1 aromatic rings. The van der Waals surface area contributed by atoms with Crippen LogP contribution in [-0.4, -0.2) is 11.9 Å². The van der Waals surface area contributed by atoms with Crippen LogP contribution in [-0.2, 0) is 0 Å². The Morgan fingerprint density at radius 2 is 2.24 bits per heavy atom. The number of amides is 1. The molecule has 5 heteroatoms. The monoisotopic (exact) mass is 379 g/mol. The normalized spacial score (nSPS) is 22.7. The van der Waals surface area contributed by atoms with Gasteiger partial charge >= 0.3 is 0 Å². The Hall–Kier alpha value is 0.130. The van der Waals surface area contributed by atoms with Crippen molar-refractivity contribution in [2.24, 2.45) is 5.41 Å². The highest BCUT2D eigenvalue weighted by Crippen LogP contribution is 2.38. The van der Waals surface area contributed by atoms with Gasteiger partial charge in [-0.05, 0) is 56.2 Å². The first-order valence-electron chi connectivity index (χ1n) is 5.66. The predicted molar refractivity (Wildman–Crippen MR) is 78.6 cm³/mol. The second-order valence-electron chi connectivity index (χ2n) is 5.14. The van der Waals surface area contributed by atoms with Gasteiger partial charge in [-0.25, -0.2) is 0 Å². The predicted octanol–water partition coefficient (Wildman–Crippen LogP) is 4.58. The van der Waals surface area contributed by atoms with Gasteiger partial charge in [0.15, 0.2) is 0 Å². The molecule has 17 heavy (non-hydrogen) atoms.